The fourth-order valence-corrected chi connectivity index (χ4v) is 1.79. The van der Waals surface area contributed by atoms with Crippen LogP contribution in [0.1, 0.15) is 19.3 Å². The Kier molecular flexibility index (Phi) is 2.31. The number of carbonyl (C=O) groups excluding carboxylic acids is 2. The number of hydrogen-bond acceptors (Lipinski definition) is 3. The van der Waals surface area contributed by atoms with Gasteiger partial charge in [-0.3, -0.25) is 4.79 Å². The summed E-state index contributed by atoms with van der Waals surface area (Å²) in [6, 6.07) is 0.363. The molecule has 5 heteroatoms. The average Bonchev–Trinajstić information content (AvgIpc) is 2.92. The lowest BCUT2D eigenvalue weighted by Gasteiger charge is -2.15. The van der Waals surface area contributed by atoms with Gasteiger partial charge in [-0.05, 0) is 12.8 Å². The summed E-state index contributed by atoms with van der Waals surface area (Å²) in [7, 11) is 1.32. The van der Waals surface area contributed by atoms with E-state index in [4.69, 9.17) is 0 Å². The highest BCUT2D eigenvalue weighted by molar-refractivity contribution is 5.81. The van der Waals surface area contributed by atoms with Crippen molar-refractivity contribution in [1.82, 2.24) is 10.2 Å². The van der Waals surface area contributed by atoms with Gasteiger partial charge >= 0.3 is 6.09 Å². The van der Waals surface area contributed by atoms with E-state index in [0.29, 0.717) is 19.0 Å². The second kappa shape index (κ2) is 3.48. The molecular formula is C9H14N2O3. The van der Waals surface area contributed by atoms with Gasteiger partial charge in [0.2, 0.25) is 5.91 Å². The number of nitrogens with one attached hydrogen (secondary N) is 1. The Labute approximate surface area is 82.4 Å². The minimum atomic E-state index is -0.458. The Bertz CT molecular complexity index is 263. The molecule has 5 nitrogen and oxygen atoms in total. The molecule has 1 saturated carbocycles. The molecule has 2 rings (SSSR count). The predicted octanol–water partition coefficient (Wildman–Crippen LogP) is 0.106. The van der Waals surface area contributed by atoms with Crippen molar-refractivity contribution in [3.8, 4) is 0 Å². The van der Waals surface area contributed by atoms with Crippen LogP contribution in [0.15, 0.2) is 0 Å². The lowest BCUT2D eigenvalue weighted by atomic mass is 10.3. The minimum absolute atomic E-state index is 0.0736. The largest absolute Gasteiger partial charge is 0.453 e. The molecule has 2 fully saturated rings. The predicted molar refractivity (Wildman–Crippen MR) is 48.7 cm³/mol. The molecule has 1 aliphatic carbocycles. The van der Waals surface area contributed by atoms with Crippen molar-refractivity contribution in [3.63, 3.8) is 0 Å². The number of hydrogen-bond donors (Lipinski definition) is 1. The van der Waals surface area contributed by atoms with E-state index in [1.54, 1.807) is 0 Å². The first-order chi connectivity index (χ1) is 6.70. The van der Waals surface area contributed by atoms with Crippen molar-refractivity contribution in [2.45, 2.75) is 31.3 Å². The van der Waals surface area contributed by atoms with Crippen LogP contribution in [0.5, 0.6) is 0 Å². The van der Waals surface area contributed by atoms with Crippen molar-refractivity contribution in [2.24, 2.45) is 0 Å². The molecule has 0 aromatic heterocycles. The Balaban J connectivity index is 1.86. The zero-order chi connectivity index (χ0) is 10.1. The van der Waals surface area contributed by atoms with Crippen molar-refractivity contribution in [2.75, 3.05) is 13.7 Å². The van der Waals surface area contributed by atoms with Crippen LogP contribution < -0.4 is 5.32 Å². The molecule has 1 N–H and O–H groups in total. The van der Waals surface area contributed by atoms with Gasteiger partial charge in [0.05, 0.1) is 13.2 Å². The monoisotopic (exact) mass is 198 g/mol. The van der Waals surface area contributed by atoms with Crippen LogP contribution >= 0.6 is 0 Å². The van der Waals surface area contributed by atoms with E-state index in [1.165, 1.54) is 7.11 Å². The molecule has 0 aromatic rings. The van der Waals surface area contributed by atoms with Crippen molar-refractivity contribution < 1.29 is 14.3 Å². The van der Waals surface area contributed by atoms with Gasteiger partial charge in [0.1, 0.15) is 0 Å². The summed E-state index contributed by atoms with van der Waals surface area (Å²) < 4.78 is 4.48. The molecule has 1 saturated heterocycles. The van der Waals surface area contributed by atoms with Crippen LogP contribution in [0.25, 0.3) is 0 Å². The fourth-order valence-electron chi connectivity index (χ4n) is 1.79. The Morgan fingerprint density at radius 2 is 2.29 bits per heavy atom. The molecular weight excluding hydrogens is 184 g/mol. The number of ether oxygens (including phenoxy) is 1. The SMILES string of the molecule is COC(=O)NC1CC(=O)N(C2CC2)C1. The van der Waals surface area contributed by atoms with Gasteiger partial charge in [-0.2, -0.15) is 0 Å². The standard InChI is InChI=1S/C9H14N2O3/c1-14-9(13)10-6-4-8(12)11(5-6)7-2-3-7/h6-7H,2-5H2,1H3,(H,10,13). The van der Waals surface area contributed by atoms with Crippen molar-refractivity contribution in [3.05, 3.63) is 0 Å². The summed E-state index contributed by atoms with van der Waals surface area (Å²) in [5.74, 6) is 0.147. The van der Waals surface area contributed by atoms with E-state index in [9.17, 15) is 9.59 Å². The van der Waals surface area contributed by atoms with Crippen LogP contribution in [-0.2, 0) is 9.53 Å². The zero-order valence-corrected chi connectivity index (χ0v) is 8.16. The fraction of sp³-hybridized carbons (Fsp3) is 0.778. The number of amides is 2. The summed E-state index contributed by atoms with van der Waals surface area (Å²) in [4.78, 5) is 24.2. The Hall–Kier alpha value is -1.26. The maximum atomic E-state index is 11.5. The molecule has 1 atom stereocenters. The third-order valence-electron chi connectivity index (χ3n) is 2.65. The second-order valence-corrected chi connectivity index (χ2v) is 3.81. The second-order valence-electron chi connectivity index (χ2n) is 3.81. The van der Waals surface area contributed by atoms with Gasteiger partial charge in [-0.15, -0.1) is 0 Å². The summed E-state index contributed by atoms with van der Waals surface area (Å²) in [6.45, 7) is 0.638. The molecule has 0 bridgehead atoms. The van der Waals surface area contributed by atoms with Gasteiger partial charge in [0.25, 0.3) is 0 Å². The molecule has 1 heterocycles. The quantitative estimate of drug-likeness (QED) is 0.685. The summed E-state index contributed by atoms with van der Waals surface area (Å²) in [5, 5.41) is 2.65. The number of likely N-dealkylation sites (tertiary alicyclic amines) is 1. The van der Waals surface area contributed by atoms with E-state index in [-0.39, 0.29) is 11.9 Å². The number of nitrogens with zero attached hydrogens (tertiary/aromatic N) is 1. The molecule has 1 unspecified atom stereocenters. The highest BCUT2D eigenvalue weighted by Crippen LogP contribution is 2.30. The van der Waals surface area contributed by atoms with E-state index in [1.807, 2.05) is 4.90 Å². The molecule has 14 heavy (non-hydrogen) atoms. The van der Waals surface area contributed by atoms with E-state index in [2.05, 4.69) is 10.1 Å². The van der Waals surface area contributed by atoms with Gasteiger partial charge in [0.15, 0.2) is 0 Å². The normalized spacial score (nSPS) is 26.5. The number of alkyl carbamates (subject to hydrolysis) is 1. The summed E-state index contributed by atoms with van der Waals surface area (Å²) in [5.41, 5.74) is 0. The van der Waals surface area contributed by atoms with Gasteiger partial charge in [-0.1, -0.05) is 0 Å². The Morgan fingerprint density at radius 1 is 1.57 bits per heavy atom. The van der Waals surface area contributed by atoms with E-state index >= 15 is 0 Å². The van der Waals surface area contributed by atoms with Crippen molar-refractivity contribution >= 4 is 12.0 Å². The first-order valence-corrected chi connectivity index (χ1v) is 4.84. The van der Waals surface area contributed by atoms with Crippen molar-refractivity contribution in [1.29, 1.82) is 0 Å². The smallest absolute Gasteiger partial charge is 0.407 e. The third-order valence-corrected chi connectivity index (χ3v) is 2.65. The van der Waals surface area contributed by atoms with Gasteiger partial charge in [0, 0.05) is 19.0 Å². The molecule has 0 radical (unpaired) electrons. The van der Waals surface area contributed by atoms with Gasteiger partial charge < -0.3 is 15.0 Å². The van der Waals surface area contributed by atoms with Gasteiger partial charge in [-0.25, -0.2) is 4.79 Å². The molecule has 0 spiro atoms. The van der Waals surface area contributed by atoms with Crippen LogP contribution in [0.4, 0.5) is 4.79 Å². The topological polar surface area (TPSA) is 58.6 Å². The first kappa shape index (κ1) is 9.30. The molecule has 2 amide bonds. The highest BCUT2D eigenvalue weighted by atomic mass is 16.5. The summed E-state index contributed by atoms with van der Waals surface area (Å²) in [6.07, 6.45) is 2.17. The van der Waals surface area contributed by atoms with Crippen LogP contribution in [0.3, 0.4) is 0 Å². The average molecular weight is 198 g/mol. The van der Waals surface area contributed by atoms with E-state index < -0.39 is 6.09 Å². The lowest BCUT2D eigenvalue weighted by molar-refractivity contribution is -0.128. The number of rotatable bonds is 2. The van der Waals surface area contributed by atoms with Crippen LogP contribution in [0.2, 0.25) is 0 Å². The molecule has 78 valence electrons. The number of carbonyl (C=O) groups is 2. The first-order valence-electron chi connectivity index (χ1n) is 4.84. The van der Waals surface area contributed by atoms with Crippen LogP contribution in [0, 0.1) is 0 Å². The minimum Gasteiger partial charge on any atom is -0.453 e. The number of methoxy groups -OCH3 is 1. The van der Waals surface area contributed by atoms with E-state index in [0.717, 1.165) is 12.8 Å². The maximum absolute atomic E-state index is 11.5. The lowest BCUT2D eigenvalue weighted by Crippen LogP contribution is -2.37. The van der Waals surface area contributed by atoms with Crippen LogP contribution in [-0.4, -0.2) is 42.6 Å². The maximum Gasteiger partial charge on any atom is 0.407 e. The highest BCUT2D eigenvalue weighted by Gasteiger charge is 2.39. The molecule has 1 aliphatic heterocycles. The molecule has 2 aliphatic rings. The molecule has 0 aromatic carbocycles. The Morgan fingerprint density at radius 3 is 2.86 bits per heavy atom. The summed E-state index contributed by atoms with van der Waals surface area (Å²) >= 11 is 0. The zero-order valence-electron chi connectivity index (χ0n) is 8.16. The third kappa shape index (κ3) is 1.81.